The van der Waals surface area contributed by atoms with Crippen LogP contribution in [0.4, 0.5) is 4.79 Å². The number of aromatic nitrogens is 2. The Hall–Kier alpha value is -4.60. The molecule has 6 atom stereocenters. The molecule has 1 aliphatic heterocycles. The van der Waals surface area contributed by atoms with Crippen LogP contribution in [0.5, 0.6) is 5.75 Å². The predicted octanol–water partition coefficient (Wildman–Crippen LogP) is 8.28. The SMILES string of the molecule is COc1ccc(Cn2c(=O)ccn([C@@H]3O[C@H](C[C@@H](NCCCNC(=O)[C@H](CC(C)C)NC(=O)OCc4ccccc4)C(=O)OC(C)(C)C)[C@@H](O[Si](C)(C)C(C)(C)C)[C@H]3O[Si](C)(C)C(C)(C)C)c2=O)cc1. The van der Waals surface area contributed by atoms with E-state index in [2.05, 4.69) is 83.7 Å². The lowest BCUT2D eigenvalue weighted by Gasteiger charge is -2.44. The van der Waals surface area contributed by atoms with Crippen molar-refractivity contribution in [1.82, 2.24) is 25.1 Å². The number of hydrogen-bond acceptors (Lipinski definition) is 12. The summed E-state index contributed by atoms with van der Waals surface area (Å²) in [6.45, 7) is 31.4. The monoisotopic (exact) mass is 1010 g/mol. The highest BCUT2D eigenvalue weighted by atomic mass is 28.4. The first-order valence-corrected chi connectivity index (χ1v) is 30.4. The van der Waals surface area contributed by atoms with Gasteiger partial charge in [0.15, 0.2) is 22.9 Å². The molecule has 1 saturated heterocycles. The number of esters is 1. The first kappa shape index (κ1) is 58.0. The van der Waals surface area contributed by atoms with Gasteiger partial charge in [-0.3, -0.25) is 23.5 Å². The highest BCUT2D eigenvalue weighted by Gasteiger charge is 2.55. The van der Waals surface area contributed by atoms with Crippen LogP contribution in [-0.2, 0) is 45.8 Å². The lowest BCUT2D eigenvalue weighted by atomic mass is 10.0. The largest absolute Gasteiger partial charge is 0.497 e. The van der Waals surface area contributed by atoms with Gasteiger partial charge in [-0.2, -0.15) is 0 Å². The van der Waals surface area contributed by atoms with Crippen LogP contribution in [0.2, 0.25) is 36.3 Å². The van der Waals surface area contributed by atoms with Gasteiger partial charge in [0, 0.05) is 25.2 Å². The Labute approximate surface area is 418 Å². The maximum Gasteiger partial charge on any atom is 0.408 e. The van der Waals surface area contributed by atoms with Crippen LogP contribution in [0.1, 0.15) is 113 Å². The fourth-order valence-electron chi connectivity index (χ4n) is 7.39. The normalized spacial score (nSPS) is 18.8. The number of rotatable bonds is 22. The molecule has 70 heavy (non-hydrogen) atoms. The molecule has 2 aromatic carbocycles. The average Bonchev–Trinajstić information content (AvgIpc) is 3.56. The van der Waals surface area contributed by atoms with Crippen molar-refractivity contribution in [3.8, 4) is 5.75 Å². The van der Waals surface area contributed by atoms with Crippen LogP contribution < -0.4 is 31.9 Å². The van der Waals surface area contributed by atoms with Gasteiger partial charge in [0.05, 0.1) is 19.8 Å². The molecule has 0 saturated carbocycles. The van der Waals surface area contributed by atoms with Gasteiger partial charge in [-0.1, -0.05) is 97.9 Å². The van der Waals surface area contributed by atoms with Gasteiger partial charge >= 0.3 is 17.8 Å². The molecule has 390 valence electrons. The van der Waals surface area contributed by atoms with Crippen LogP contribution >= 0.6 is 0 Å². The summed E-state index contributed by atoms with van der Waals surface area (Å²) in [6, 6.07) is 16.1. The maximum atomic E-state index is 14.6. The van der Waals surface area contributed by atoms with Crippen molar-refractivity contribution in [1.29, 1.82) is 0 Å². The summed E-state index contributed by atoms with van der Waals surface area (Å²) in [4.78, 5) is 68.5. The zero-order valence-electron chi connectivity index (χ0n) is 44.7. The second kappa shape index (κ2) is 24.2. The first-order valence-electron chi connectivity index (χ1n) is 24.6. The summed E-state index contributed by atoms with van der Waals surface area (Å²) in [6.07, 6.45) is -1.71. The average molecular weight is 1010 g/mol. The van der Waals surface area contributed by atoms with Crippen LogP contribution in [0, 0.1) is 5.92 Å². The quantitative estimate of drug-likeness (QED) is 0.0498. The highest BCUT2D eigenvalue weighted by molar-refractivity contribution is 6.74. The number of nitrogens with one attached hydrogen (secondary N) is 3. The Kier molecular flexibility index (Phi) is 20.1. The molecular weight excluding hydrogens is 927 g/mol. The first-order chi connectivity index (χ1) is 32.4. The molecule has 2 heterocycles. The van der Waals surface area contributed by atoms with Crippen LogP contribution in [0.25, 0.3) is 0 Å². The standard InChI is InChI=1S/C52H83N5O11Si2/c1-35(2)31-39(55-48(61)64-34-37-21-18-17-19-22-37)45(59)54-29-20-28-53-40(47(60)66-50(3,4)5)32-41-43(67-69(13,14)51(6,7)8)44(68-70(15,16)52(9,10)11)46(65-41)56-30-27-42(58)57(49(56)62)33-36-23-25-38(63-12)26-24-36/h17-19,21-27,30,35,39-41,43-44,46,53H,20,28-29,31-34H2,1-16H3,(H,54,59)(H,55,61)/t39-,40+,41+,43+,44+,46+/m0/s1. The molecule has 3 aromatic rings. The third-order valence-corrected chi connectivity index (χ3v) is 22.3. The van der Waals surface area contributed by atoms with Crippen molar-refractivity contribution in [3.63, 3.8) is 0 Å². The van der Waals surface area contributed by atoms with E-state index in [1.807, 2.05) is 56.3 Å². The molecule has 1 aromatic heterocycles. The lowest BCUT2D eigenvalue weighted by molar-refractivity contribution is -0.159. The maximum absolute atomic E-state index is 14.6. The van der Waals surface area contributed by atoms with Crippen LogP contribution in [-0.4, -0.2) is 99.9 Å². The molecule has 0 bridgehead atoms. The molecule has 0 radical (unpaired) electrons. The molecule has 1 fully saturated rings. The molecule has 0 aliphatic carbocycles. The number of carbonyl (C=O) groups excluding carboxylic acids is 3. The Morgan fingerprint density at radius 3 is 1.93 bits per heavy atom. The topological polar surface area (TPSA) is 187 Å². The molecule has 16 nitrogen and oxygen atoms in total. The third-order valence-electron chi connectivity index (χ3n) is 13.4. The number of ether oxygens (including phenoxy) is 4. The summed E-state index contributed by atoms with van der Waals surface area (Å²) in [7, 11) is -3.69. The van der Waals surface area contributed by atoms with Crippen molar-refractivity contribution in [2.24, 2.45) is 5.92 Å². The van der Waals surface area contributed by atoms with Gasteiger partial charge in [-0.15, -0.1) is 0 Å². The van der Waals surface area contributed by atoms with Gasteiger partial charge in [-0.25, -0.2) is 9.59 Å². The number of nitrogens with zero attached hydrogens (tertiary/aromatic N) is 2. The highest BCUT2D eigenvalue weighted by Crippen LogP contribution is 2.46. The minimum Gasteiger partial charge on any atom is -0.497 e. The van der Waals surface area contributed by atoms with Crippen molar-refractivity contribution in [2.75, 3.05) is 20.2 Å². The summed E-state index contributed by atoms with van der Waals surface area (Å²) >= 11 is 0. The van der Waals surface area contributed by atoms with Crippen molar-refractivity contribution in [2.45, 2.75) is 187 Å². The van der Waals surface area contributed by atoms with E-state index in [1.165, 1.54) is 21.4 Å². The second-order valence-electron chi connectivity index (χ2n) is 22.8. The smallest absolute Gasteiger partial charge is 0.408 e. The van der Waals surface area contributed by atoms with Gasteiger partial charge in [0.2, 0.25) is 5.91 Å². The fraction of sp³-hybridized carbons (Fsp3) is 0.635. The number of hydrogen-bond donors (Lipinski definition) is 3. The number of carbonyl (C=O) groups is 3. The molecule has 18 heteroatoms. The Morgan fingerprint density at radius 2 is 1.37 bits per heavy atom. The molecule has 1 aliphatic rings. The van der Waals surface area contributed by atoms with E-state index in [9.17, 15) is 24.0 Å². The molecular formula is C52H83N5O11Si2. The van der Waals surface area contributed by atoms with Crippen molar-refractivity contribution < 1.29 is 42.2 Å². The Bertz CT molecular complexity index is 2300. The van der Waals surface area contributed by atoms with Gasteiger partial charge in [0.1, 0.15) is 42.2 Å². The Morgan fingerprint density at radius 1 is 0.771 bits per heavy atom. The fourth-order valence-corrected chi connectivity index (χ4v) is 9.99. The minimum absolute atomic E-state index is 0.0115. The van der Waals surface area contributed by atoms with E-state index in [0.29, 0.717) is 25.1 Å². The summed E-state index contributed by atoms with van der Waals surface area (Å²) in [5, 5.41) is 8.58. The number of amides is 2. The van der Waals surface area contributed by atoms with Crippen LogP contribution in [0.15, 0.2) is 76.4 Å². The Balaban J connectivity index is 1.66. The van der Waals surface area contributed by atoms with Crippen molar-refractivity contribution >= 4 is 34.6 Å². The van der Waals surface area contributed by atoms with E-state index >= 15 is 0 Å². The number of methoxy groups -OCH3 is 1. The van der Waals surface area contributed by atoms with E-state index in [0.717, 1.165) is 11.1 Å². The van der Waals surface area contributed by atoms with E-state index in [4.69, 9.17) is 27.8 Å². The van der Waals surface area contributed by atoms with E-state index in [-0.39, 0.29) is 48.0 Å². The summed E-state index contributed by atoms with van der Waals surface area (Å²) in [5.74, 6) is -0.0876. The lowest BCUT2D eigenvalue weighted by Crippen LogP contribution is -2.55. The molecule has 0 unspecified atom stereocenters. The number of benzene rings is 2. The van der Waals surface area contributed by atoms with Gasteiger partial charge in [-0.05, 0) is 106 Å². The zero-order chi connectivity index (χ0) is 52.4. The molecule has 3 N–H and O–H groups in total. The molecule has 0 spiro atoms. The molecule has 2 amide bonds. The van der Waals surface area contributed by atoms with E-state index < -0.39 is 82.2 Å². The van der Waals surface area contributed by atoms with Crippen molar-refractivity contribution in [3.05, 3.63) is 98.8 Å². The van der Waals surface area contributed by atoms with Gasteiger partial charge < -0.3 is 43.7 Å². The summed E-state index contributed by atoms with van der Waals surface area (Å²) < 4.78 is 41.0. The minimum atomic E-state index is -2.64. The van der Waals surface area contributed by atoms with Crippen LogP contribution in [0.3, 0.4) is 0 Å². The second-order valence-corrected chi connectivity index (χ2v) is 32.4. The zero-order valence-corrected chi connectivity index (χ0v) is 46.7. The number of alkyl carbamates (subject to hydrolysis) is 1. The third kappa shape index (κ3) is 16.5. The molecule has 4 rings (SSSR count). The van der Waals surface area contributed by atoms with Gasteiger partial charge in [0.25, 0.3) is 5.56 Å². The van der Waals surface area contributed by atoms with E-state index in [1.54, 1.807) is 40.0 Å². The summed E-state index contributed by atoms with van der Waals surface area (Å²) in [5.41, 5.74) is -0.311. The predicted molar refractivity (Wildman–Crippen MR) is 278 cm³/mol.